The van der Waals surface area contributed by atoms with E-state index in [0.29, 0.717) is 0 Å². The van der Waals surface area contributed by atoms with Gasteiger partial charge in [-0.1, -0.05) is 11.3 Å². The Morgan fingerprint density at radius 3 is 2.33 bits per heavy atom. The molecule has 0 bridgehead atoms. The second kappa shape index (κ2) is 3.34. The molecule has 3 heteroatoms. The van der Waals surface area contributed by atoms with Gasteiger partial charge in [0, 0.05) is 17.4 Å². The molecule has 1 rings (SSSR count). The summed E-state index contributed by atoms with van der Waals surface area (Å²) in [6.07, 6.45) is 0. The second-order valence-corrected chi connectivity index (χ2v) is 5.38. The Hall–Kier alpha value is 0.897. The van der Waals surface area contributed by atoms with Gasteiger partial charge in [-0.05, 0) is 57.3 Å². The van der Waals surface area contributed by atoms with Crippen molar-refractivity contribution in [3.63, 3.8) is 0 Å². The van der Waals surface area contributed by atoms with Crippen LogP contribution in [0.2, 0.25) is 0 Å². The first kappa shape index (κ1) is 8.00. The number of halogens is 2. The van der Waals surface area contributed by atoms with E-state index < -0.39 is 0 Å². The molecule has 0 nitrogen and oxygen atoms in total. The average molecular weight is 360 g/mol. The smallest absolute Gasteiger partial charge is 0.0398 e. The van der Waals surface area contributed by atoms with Gasteiger partial charge in [-0.2, -0.15) is 0 Å². The summed E-state index contributed by atoms with van der Waals surface area (Å²) in [6.45, 7) is 0. The highest BCUT2D eigenvalue weighted by atomic mass is 127. The number of hydrogen-bond acceptors (Lipinski definition) is 0. The molecule has 0 N–H and O–H groups in total. The summed E-state index contributed by atoms with van der Waals surface area (Å²) in [6, 6.07) is 6.57. The van der Waals surface area contributed by atoms with Crippen molar-refractivity contribution < 1.29 is 0 Å². The van der Waals surface area contributed by atoms with Crippen molar-refractivity contribution in [1.29, 1.82) is 0 Å². The van der Waals surface area contributed by atoms with E-state index in [9.17, 15) is 0 Å². The fourth-order valence-corrected chi connectivity index (χ4v) is 2.48. The lowest BCUT2D eigenvalue weighted by Crippen LogP contribution is -2.05. The van der Waals surface area contributed by atoms with E-state index in [0.717, 1.165) is 10.2 Å². The molecule has 48 valence electrons. The van der Waals surface area contributed by atoms with E-state index in [2.05, 4.69) is 63.4 Å². The predicted octanol–water partition coefficient (Wildman–Crippen LogP) is 0.887. The Balaban J connectivity index is 3.17. The molecule has 0 amide bonds. The highest BCUT2D eigenvalue weighted by Gasteiger charge is 1.91. The van der Waals surface area contributed by atoms with E-state index in [4.69, 9.17) is 0 Å². The molecule has 0 aliphatic carbocycles. The lowest BCUT2D eigenvalue weighted by atomic mass is 10.4. The Morgan fingerprint density at radius 2 is 1.89 bits per heavy atom. The topological polar surface area (TPSA) is 0 Å². The summed E-state index contributed by atoms with van der Waals surface area (Å²) < 4.78 is 2.74. The molecule has 0 atom stereocenters. The molecular weight excluding hydrogens is 354 g/mol. The van der Waals surface area contributed by atoms with Gasteiger partial charge < -0.3 is 0 Å². The van der Waals surface area contributed by atoms with Crippen molar-refractivity contribution in [1.82, 2.24) is 0 Å². The molecule has 9 heavy (non-hydrogen) atoms. The van der Waals surface area contributed by atoms with Crippen LogP contribution in [0.5, 0.6) is 0 Å². The van der Waals surface area contributed by atoms with Crippen molar-refractivity contribution in [2.24, 2.45) is 0 Å². The molecule has 0 unspecified atom stereocenters. The van der Waals surface area contributed by atoms with Gasteiger partial charge in [0.05, 0.1) is 0 Å². The number of hydrogen-bond donors (Lipinski definition) is 0. The van der Waals surface area contributed by atoms with Gasteiger partial charge in [0.25, 0.3) is 0 Å². The van der Waals surface area contributed by atoms with Crippen molar-refractivity contribution in [3.05, 3.63) is 25.3 Å². The van der Waals surface area contributed by atoms with Crippen LogP contribution in [0.15, 0.2) is 18.2 Å². The zero-order chi connectivity index (χ0) is 6.85. The van der Waals surface area contributed by atoms with Gasteiger partial charge in [0.15, 0.2) is 0 Å². The first-order valence-corrected chi connectivity index (χ1v) is 5.77. The highest BCUT2D eigenvalue weighted by Crippen LogP contribution is 2.06. The third-order valence-electron chi connectivity index (χ3n) is 1.13. The van der Waals surface area contributed by atoms with Crippen LogP contribution in [0, 0.1) is 7.14 Å². The normalized spacial score (nSPS) is 10.0. The fraction of sp³-hybridized carbons (Fsp3) is 0. The van der Waals surface area contributed by atoms with Crippen LogP contribution < -0.4 is 5.19 Å². The average Bonchev–Trinajstić information content (AvgIpc) is 1.80. The first-order valence-electron chi connectivity index (χ1n) is 2.62. The summed E-state index contributed by atoms with van der Waals surface area (Å²) in [5, 5.41) is 1.50. The van der Waals surface area contributed by atoms with Gasteiger partial charge in [-0.3, -0.25) is 0 Å². The van der Waals surface area contributed by atoms with Crippen LogP contribution in [0.4, 0.5) is 0 Å². The Kier molecular flexibility index (Phi) is 2.96. The Bertz CT molecular complexity index is 222. The van der Waals surface area contributed by atoms with Crippen molar-refractivity contribution in [2.45, 2.75) is 0 Å². The van der Waals surface area contributed by atoms with Crippen molar-refractivity contribution >= 4 is 60.6 Å². The van der Waals surface area contributed by atoms with E-state index >= 15 is 0 Å². The van der Waals surface area contributed by atoms with Crippen LogP contribution in [0.1, 0.15) is 0 Å². The molecule has 0 fully saturated rings. The quantitative estimate of drug-likeness (QED) is 0.476. The molecule has 1 aromatic rings. The van der Waals surface area contributed by atoms with Gasteiger partial charge in [-0.15, -0.1) is 0 Å². The van der Waals surface area contributed by atoms with E-state index in [1.807, 2.05) is 0 Å². The molecule has 0 heterocycles. The maximum absolute atomic E-state index is 2.38. The summed E-state index contributed by atoms with van der Waals surface area (Å²) >= 11 is 4.71. The second-order valence-electron chi connectivity index (χ2n) is 1.89. The van der Waals surface area contributed by atoms with E-state index in [-0.39, 0.29) is 0 Å². The highest BCUT2D eigenvalue weighted by molar-refractivity contribution is 14.1. The minimum Gasteiger partial charge on any atom is -0.0620 e. The minimum absolute atomic E-state index is 1.16. The molecule has 0 saturated heterocycles. The molecule has 0 aliphatic heterocycles. The molecule has 0 aromatic heterocycles. The molecule has 0 aliphatic rings. The van der Waals surface area contributed by atoms with Gasteiger partial charge in [-0.25, -0.2) is 0 Å². The monoisotopic (exact) mass is 360 g/mol. The van der Waals surface area contributed by atoms with Crippen molar-refractivity contribution in [3.8, 4) is 0 Å². The summed E-state index contributed by atoms with van der Waals surface area (Å²) in [7, 11) is 1.16. The Morgan fingerprint density at radius 1 is 1.22 bits per heavy atom. The fourth-order valence-electron chi connectivity index (χ4n) is 0.567. The van der Waals surface area contributed by atoms with Crippen molar-refractivity contribution in [2.75, 3.05) is 0 Å². The molecule has 1 aromatic carbocycles. The third kappa shape index (κ3) is 2.19. The maximum atomic E-state index is 2.38. The SMILES string of the molecule is [SiH3]c1ccc(I)cc1I. The number of rotatable bonds is 0. The maximum Gasteiger partial charge on any atom is 0.0398 e. The van der Waals surface area contributed by atoms with Crippen LogP contribution in [0.25, 0.3) is 0 Å². The largest absolute Gasteiger partial charge is 0.0620 e. The van der Waals surface area contributed by atoms with Crippen LogP contribution in [-0.2, 0) is 0 Å². The third-order valence-corrected chi connectivity index (χ3v) is 4.86. The Labute approximate surface area is 85.1 Å². The molecule has 0 saturated carbocycles. The van der Waals surface area contributed by atoms with Gasteiger partial charge in [0.1, 0.15) is 0 Å². The first-order chi connectivity index (χ1) is 4.20. The predicted molar refractivity (Wildman–Crippen MR) is 61.4 cm³/mol. The zero-order valence-electron chi connectivity index (χ0n) is 4.99. The zero-order valence-corrected chi connectivity index (χ0v) is 11.3. The summed E-state index contributed by atoms with van der Waals surface area (Å²) in [4.78, 5) is 0. The van der Waals surface area contributed by atoms with E-state index in [1.54, 1.807) is 0 Å². The number of benzene rings is 1. The standard InChI is InChI=1S/C6H6I2Si/c7-4-1-2-6(9)5(8)3-4/h1-3H,9H3. The lowest BCUT2D eigenvalue weighted by Gasteiger charge is -1.95. The van der Waals surface area contributed by atoms with Crippen LogP contribution >= 0.6 is 45.2 Å². The molecular formula is C6H6I2Si. The van der Waals surface area contributed by atoms with Gasteiger partial charge in [0.2, 0.25) is 0 Å². The molecule has 0 radical (unpaired) electrons. The van der Waals surface area contributed by atoms with Crippen LogP contribution in [-0.4, -0.2) is 10.2 Å². The minimum atomic E-state index is 1.16. The molecule has 0 spiro atoms. The van der Waals surface area contributed by atoms with E-state index in [1.165, 1.54) is 12.3 Å². The summed E-state index contributed by atoms with van der Waals surface area (Å²) in [5.41, 5.74) is 0. The van der Waals surface area contributed by atoms with Gasteiger partial charge >= 0.3 is 0 Å². The summed E-state index contributed by atoms with van der Waals surface area (Å²) in [5.74, 6) is 0. The van der Waals surface area contributed by atoms with Crippen LogP contribution in [0.3, 0.4) is 0 Å². The lowest BCUT2D eigenvalue weighted by molar-refractivity contribution is 1.64.